The first kappa shape index (κ1) is 10.2. The zero-order chi connectivity index (χ0) is 11.0. The molecule has 5 heteroatoms. The third-order valence-electron chi connectivity index (χ3n) is 2.97. The molecule has 1 aromatic rings. The van der Waals surface area contributed by atoms with Crippen molar-refractivity contribution in [2.24, 2.45) is 7.05 Å². The first-order chi connectivity index (χ1) is 7.15. The maximum atomic E-state index is 11.0. The molecule has 0 amide bonds. The molecule has 0 spiro atoms. The summed E-state index contributed by atoms with van der Waals surface area (Å²) in [7, 11) is 1.82. The standard InChI is InChI=1S/C10H15N3O2/c1-3-6-4-11-5-7-8(10(14)15)12-13(2)9(6)7/h6,11H,3-5H2,1-2H3,(H,14,15)/t6-/m0/s1. The molecule has 1 atom stereocenters. The highest BCUT2D eigenvalue weighted by molar-refractivity contribution is 5.87. The van der Waals surface area contributed by atoms with Gasteiger partial charge in [0.15, 0.2) is 5.69 Å². The third kappa shape index (κ3) is 1.52. The largest absolute Gasteiger partial charge is 0.476 e. The Morgan fingerprint density at radius 2 is 2.47 bits per heavy atom. The second kappa shape index (κ2) is 3.66. The van der Waals surface area contributed by atoms with Crippen LogP contribution in [-0.2, 0) is 13.6 Å². The summed E-state index contributed by atoms with van der Waals surface area (Å²) in [5.74, 6) is -0.565. The van der Waals surface area contributed by atoms with Crippen LogP contribution in [-0.4, -0.2) is 27.4 Å². The van der Waals surface area contributed by atoms with E-state index in [1.807, 2.05) is 7.05 Å². The Morgan fingerprint density at radius 3 is 3.07 bits per heavy atom. The predicted octanol–water partition coefficient (Wildman–Crippen LogP) is 0.715. The first-order valence-corrected chi connectivity index (χ1v) is 5.15. The molecule has 1 aliphatic rings. The number of hydrogen-bond acceptors (Lipinski definition) is 3. The van der Waals surface area contributed by atoms with Crippen LogP contribution in [0.1, 0.15) is 41.0 Å². The van der Waals surface area contributed by atoms with Crippen LogP contribution in [0.25, 0.3) is 0 Å². The van der Waals surface area contributed by atoms with Gasteiger partial charge >= 0.3 is 5.97 Å². The van der Waals surface area contributed by atoms with Crippen molar-refractivity contribution < 1.29 is 9.90 Å². The number of aryl methyl sites for hydroxylation is 1. The quantitative estimate of drug-likeness (QED) is 0.753. The highest BCUT2D eigenvalue weighted by Gasteiger charge is 2.28. The molecular formula is C10H15N3O2. The van der Waals surface area contributed by atoms with Crippen LogP contribution in [0, 0.1) is 0 Å². The lowest BCUT2D eigenvalue weighted by atomic mass is 9.94. The number of hydrogen-bond donors (Lipinski definition) is 2. The van der Waals surface area contributed by atoms with Crippen molar-refractivity contribution in [3.8, 4) is 0 Å². The summed E-state index contributed by atoms with van der Waals surface area (Å²) in [6.45, 7) is 3.62. The van der Waals surface area contributed by atoms with E-state index in [0.717, 1.165) is 24.2 Å². The molecule has 1 aliphatic heterocycles. The van der Waals surface area contributed by atoms with Crippen molar-refractivity contribution in [2.75, 3.05) is 6.54 Å². The van der Waals surface area contributed by atoms with Crippen LogP contribution in [0.5, 0.6) is 0 Å². The van der Waals surface area contributed by atoms with Crippen molar-refractivity contribution in [3.05, 3.63) is 17.0 Å². The monoisotopic (exact) mass is 209 g/mol. The summed E-state index contributed by atoms with van der Waals surface area (Å²) in [5.41, 5.74) is 2.12. The van der Waals surface area contributed by atoms with Crippen molar-refractivity contribution in [3.63, 3.8) is 0 Å². The molecule has 0 aliphatic carbocycles. The van der Waals surface area contributed by atoms with Crippen LogP contribution in [0.15, 0.2) is 0 Å². The average molecular weight is 209 g/mol. The minimum absolute atomic E-state index is 0.193. The summed E-state index contributed by atoms with van der Waals surface area (Å²) in [6.07, 6.45) is 0.999. The number of nitrogens with one attached hydrogen (secondary N) is 1. The highest BCUT2D eigenvalue weighted by atomic mass is 16.4. The Labute approximate surface area is 88.1 Å². The molecule has 2 rings (SSSR count). The second-order valence-electron chi connectivity index (χ2n) is 3.88. The first-order valence-electron chi connectivity index (χ1n) is 5.15. The molecule has 82 valence electrons. The summed E-state index contributed by atoms with van der Waals surface area (Å²) in [6, 6.07) is 0. The minimum Gasteiger partial charge on any atom is -0.476 e. The third-order valence-corrected chi connectivity index (χ3v) is 2.97. The Morgan fingerprint density at radius 1 is 1.73 bits per heavy atom. The van der Waals surface area contributed by atoms with E-state index >= 15 is 0 Å². The van der Waals surface area contributed by atoms with Gasteiger partial charge in [0.2, 0.25) is 0 Å². The lowest BCUT2D eigenvalue weighted by Crippen LogP contribution is -2.29. The summed E-state index contributed by atoms with van der Waals surface area (Å²) < 4.78 is 1.72. The molecule has 1 aromatic heterocycles. The Balaban J connectivity index is 2.53. The number of carboxylic acid groups (broad SMARTS) is 1. The Bertz CT molecular complexity index is 398. The van der Waals surface area contributed by atoms with E-state index in [4.69, 9.17) is 5.11 Å². The maximum absolute atomic E-state index is 11.0. The Kier molecular flexibility index (Phi) is 2.48. The summed E-state index contributed by atoms with van der Waals surface area (Å²) in [5, 5.41) is 16.3. The fraction of sp³-hybridized carbons (Fsp3) is 0.600. The van der Waals surface area contributed by atoms with Gasteiger partial charge in [-0.15, -0.1) is 0 Å². The number of fused-ring (bicyclic) bond motifs is 1. The zero-order valence-corrected chi connectivity index (χ0v) is 8.95. The van der Waals surface area contributed by atoms with Gasteiger partial charge in [-0.1, -0.05) is 6.92 Å². The molecule has 0 saturated heterocycles. The van der Waals surface area contributed by atoms with Gasteiger partial charge in [0, 0.05) is 37.3 Å². The smallest absolute Gasteiger partial charge is 0.356 e. The molecular weight excluding hydrogens is 194 g/mol. The number of nitrogens with zero attached hydrogens (tertiary/aromatic N) is 2. The molecule has 0 radical (unpaired) electrons. The second-order valence-corrected chi connectivity index (χ2v) is 3.88. The van der Waals surface area contributed by atoms with Crippen molar-refractivity contribution in [1.29, 1.82) is 0 Å². The topological polar surface area (TPSA) is 67.2 Å². The molecule has 5 nitrogen and oxygen atoms in total. The van der Waals surface area contributed by atoms with Gasteiger partial charge < -0.3 is 10.4 Å². The molecule has 2 heterocycles. The van der Waals surface area contributed by atoms with Crippen LogP contribution in [0.2, 0.25) is 0 Å². The molecule has 2 N–H and O–H groups in total. The van der Waals surface area contributed by atoms with Gasteiger partial charge in [0.05, 0.1) is 0 Å². The van der Waals surface area contributed by atoms with E-state index < -0.39 is 5.97 Å². The van der Waals surface area contributed by atoms with Gasteiger partial charge in [-0.3, -0.25) is 4.68 Å². The number of carbonyl (C=O) groups is 1. The van der Waals surface area contributed by atoms with E-state index in [1.165, 1.54) is 0 Å². The number of aromatic carboxylic acids is 1. The van der Waals surface area contributed by atoms with Crippen LogP contribution in [0.3, 0.4) is 0 Å². The van der Waals surface area contributed by atoms with E-state index in [-0.39, 0.29) is 5.69 Å². The highest BCUT2D eigenvalue weighted by Crippen LogP contribution is 2.28. The van der Waals surface area contributed by atoms with E-state index in [1.54, 1.807) is 4.68 Å². The molecule has 0 aromatic carbocycles. The van der Waals surface area contributed by atoms with Crippen molar-refractivity contribution in [1.82, 2.24) is 15.1 Å². The Hall–Kier alpha value is -1.36. The fourth-order valence-electron chi connectivity index (χ4n) is 2.24. The van der Waals surface area contributed by atoms with Gasteiger partial charge in [0.25, 0.3) is 0 Å². The zero-order valence-electron chi connectivity index (χ0n) is 8.95. The van der Waals surface area contributed by atoms with Gasteiger partial charge in [0.1, 0.15) is 0 Å². The number of aromatic nitrogens is 2. The van der Waals surface area contributed by atoms with E-state index in [9.17, 15) is 4.79 Å². The molecule has 15 heavy (non-hydrogen) atoms. The van der Waals surface area contributed by atoms with Gasteiger partial charge in [-0.05, 0) is 6.42 Å². The fourth-order valence-corrected chi connectivity index (χ4v) is 2.24. The average Bonchev–Trinajstić information content (AvgIpc) is 2.56. The SMILES string of the molecule is CC[C@H]1CNCc2c(C(=O)O)nn(C)c21. The molecule has 0 unspecified atom stereocenters. The molecule has 0 fully saturated rings. The van der Waals surface area contributed by atoms with Gasteiger partial charge in [-0.2, -0.15) is 5.10 Å². The lowest BCUT2D eigenvalue weighted by molar-refractivity contribution is 0.0688. The summed E-state index contributed by atoms with van der Waals surface area (Å²) >= 11 is 0. The predicted molar refractivity (Wildman–Crippen MR) is 54.9 cm³/mol. The van der Waals surface area contributed by atoms with Gasteiger partial charge in [-0.25, -0.2) is 4.79 Å². The molecule has 0 saturated carbocycles. The van der Waals surface area contributed by atoms with Crippen molar-refractivity contribution >= 4 is 5.97 Å². The molecule has 0 bridgehead atoms. The van der Waals surface area contributed by atoms with Crippen LogP contribution >= 0.6 is 0 Å². The van der Waals surface area contributed by atoms with E-state index in [2.05, 4.69) is 17.3 Å². The van der Waals surface area contributed by atoms with E-state index in [0.29, 0.717) is 12.5 Å². The van der Waals surface area contributed by atoms with Crippen LogP contribution < -0.4 is 5.32 Å². The number of rotatable bonds is 2. The lowest BCUT2D eigenvalue weighted by Gasteiger charge is -2.23. The summed E-state index contributed by atoms with van der Waals surface area (Å²) in [4.78, 5) is 11.0. The van der Waals surface area contributed by atoms with Crippen molar-refractivity contribution in [2.45, 2.75) is 25.8 Å². The maximum Gasteiger partial charge on any atom is 0.356 e. The minimum atomic E-state index is -0.939. The van der Waals surface area contributed by atoms with Crippen LogP contribution in [0.4, 0.5) is 0 Å². The normalized spacial score (nSPS) is 20.0. The number of carboxylic acids is 1.